The predicted octanol–water partition coefficient (Wildman–Crippen LogP) is 4.23. The third-order valence-electron chi connectivity index (χ3n) is 3.95. The van der Waals surface area contributed by atoms with Crippen LogP contribution in [-0.4, -0.2) is 18.5 Å². The van der Waals surface area contributed by atoms with E-state index in [1.807, 2.05) is 24.3 Å². The minimum atomic E-state index is -0.689. The Morgan fingerprint density at radius 2 is 1.96 bits per heavy atom. The minimum absolute atomic E-state index is 0.139. The molecule has 0 fully saturated rings. The average Bonchev–Trinajstić information content (AvgIpc) is 2.61. The van der Waals surface area contributed by atoms with E-state index in [-0.39, 0.29) is 11.3 Å². The lowest BCUT2D eigenvalue weighted by Crippen LogP contribution is -2.22. The van der Waals surface area contributed by atoms with Crippen LogP contribution >= 0.6 is 11.6 Å². The Bertz CT molecular complexity index is 777. The quantitative estimate of drug-likeness (QED) is 0.596. The Hall–Kier alpha value is -2.53. The number of esters is 1. The molecule has 3 N–H and O–H groups in total. The van der Waals surface area contributed by atoms with Gasteiger partial charge in [0, 0.05) is 16.4 Å². The molecular weight excluding hydrogens is 340 g/mol. The van der Waals surface area contributed by atoms with E-state index in [9.17, 15) is 9.59 Å². The lowest BCUT2D eigenvalue weighted by atomic mass is 9.97. The number of amides is 1. The summed E-state index contributed by atoms with van der Waals surface area (Å²) in [6, 6.07) is 12.1. The molecule has 0 saturated carbocycles. The highest BCUT2D eigenvalue weighted by Gasteiger charge is 2.15. The van der Waals surface area contributed by atoms with Crippen LogP contribution in [0.25, 0.3) is 0 Å². The molecule has 132 valence electrons. The van der Waals surface area contributed by atoms with Gasteiger partial charge in [0.2, 0.25) is 0 Å². The molecular formula is C19H21ClN2O3. The zero-order chi connectivity index (χ0) is 18.4. The zero-order valence-electron chi connectivity index (χ0n) is 14.2. The molecule has 1 atom stereocenters. The van der Waals surface area contributed by atoms with Crippen molar-refractivity contribution in [1.82, 2.24) is 0 Å². The molecule has 2 aromatic rings. The lowest BCUT2D eigenvalue weighted by Gasteiger charge is -2.15. The van der Waals surface area contributed by atoms with Crippen molar-refractivity contribution in [1.29, 1.82) is 0 Å². The number of hydrogen-bond acceptors (Lipinski definition) is 4. The van der Waals surface area contributed by atoms with Crippen LogP contribution in [0.3, 0.4) is 0 Å². The number of benzene rings is 2. The Labute approximate surface area is 152 Å². The van der Waals surface area contributed by atoms with Gasteiger partial charge in [-0.3, -0.25) is 4.79 Å². The molecule has 1 amide bonds. The molecule has 0 radical (unpaired) electrons. The number of anilines is 2. The summed E-state index contributed by atoms with van der Waals surface area (Å²) in [5.74, 6) is -0.791. The van der Waals surface area contributed by atoms with Gasteiger partial charge in [-0.25, -0.2) is 4.79 Å². The first-order valence-corrected chi connectivity index (χ1v) is 8.41. The Balaban J connectivity index is 2.00. The van der Waals surface area contributed by atoms with Gasteiger partial charge in [-0.15, -0.1) is 0 Å². The fourth-order valence-electron chi connectivity index (χ4n) is 2.36. The average molecular weight is 361 g/mol. The molecule has 2 aromatic carbocycles. The van der Waals surface area contributed by atoms with Crippen LogP contribution in [0.2, 0.25) is 5.02 Å². The first kappa shape index (κ1) is 18.8. The SMILES string of the molecule is CC[C@@H](C)c1ccccc1NC(=O)COC(=O)c1cc(Cl)ccc1N. The van der Waals surface area contributed by atoms with E-state index in [0.717, 1.165) is 17.7 Å². The summed E-state index contributed by atoms with van der Waals surface area (Å²) >= 11 is 5.85. The number of nitrogen functional groups attached to an aromatic ring is 1. The number of nitrogens with one attached hydrogen (secondary N) is 1. The first-order chi connectivity index (χ1) is 11.9. The van der Waals surface area contributed by atoms with Crippen molar-refractivity contribution in [2.75, 3.05) is 17.7 Å². The molecule has 5 nitrogen and oxygen atoms in total. The second kappa shape index (κ2) is 8.53. The molecule has 0 saturated heterocycles. The Morgan fingerprint density at radius 3 is 2.68 bits per heavy atom. The van der Waals surface area contributed by atoms with Crippen molar-refractivity contribution in [2.24, 2.45) is 0 Å². The monoisotopic (exact) mass is 360 g/mol. The van der Waals surface area contributed by atoms with Gasteiger partial charge in [0.05, 0.1) is 5.56 Å². The van der Waals surface area contributed by atoms with Crippen molar-refractivity contribution in [3.8, 4) is 0 Å². The van der Waals surface area contributed by atoms with Gasteiger partial charge in [-0.1, -0.05) is 43.6 Å². The normalized spacial score (nSPS) is 11.6. The zero-order valence-corrected chi connectivity index (χ0v) is 15.0. The number of ether oxygens (including phenoxy) is 1. The summed E-state index contributed by atoms with van der Waals surface area (Å²) in [5.41, 5.74) is 7.88. The van der Waals surface area contributed by atoms with Crippen LogP contribution in [-0.2, 0) is 9.53 Å². The molecule has 0 unspecified atom stereocenters. The summed E-state index contributed by atoms with van der Waals surface area (Å²) in [6.45, 7) is 3.77. The van der Waals surface area contributed by atoms with Crippen molar-refractivity contribution in [2.45, 2.75) is 26.2 Å². The molecule has 0 heterocycles. The summed E-state index contributed by atoms with van der Waals surface area (Å²) in [7, 11) is 0. The number of nitrogens with two attached hydrogens (primary N) is 1. The number of hydrogen-bond donors (Lipinski definition) is 2. The Morgan fingerprint density at radius 1 is 1.24 bits per heavy atom. The molecule has 2 rings (SSSR count). The summed E-state index contributed by atoms with van der Waals surface area (Å²) < 4.78 is 5.03. The summed E-state index contributed by atoms with van der Waals surface area (Å²) in [4.78, 5) is 24.2. The van der Waals surface area contributed by atoms with Crippen LogP contribution in [0.5, 0.6) is 0 Å². The van der Waals surface area contributed by atoms with Gasteiger partial charge in [0.15, 0.2) is 6.61 Å². The molecule has 0 aliphatic heterocycles. The van der Waals surface area contributed by atoms with E-state index < -0.39 is 18.5 Å². The minimum Gasteiger partial charge on any atom is -0.452 e. The standard InChI is InChI=1S/C19H21ClN2O3/c1-3-12(2)14-6-4-5-7-17(14)22-18(23)11-25-19(24)15-10-13(20)8-9-16(15)21/h4-10,12H,3,11,21H2,1-2H3,(H,22,23)/t12-/m1/s1. The molecule has 6 heteroatoms. The number of para-hydroxylation sites is 1. The van der Waals surface area contributed by atoms with E-state index in [1.54, 1.807) is 6.07 Å². The van der Waals surface area contributed by atoms with E-state index >= 15 is 0 Å². The number of rotatable bonds is 6. The highest BCUT2D eigenvalue weighted by Crippen LogP contribution is 2.26. The van der Waals surface area contributed by atoms with E-state index in [2.05, 4.69) is 19.2 Å². The fourth-order valence-corrected chi connectivity index (χ4v) is 2.53. The molecule has 0 aromatic heterocycles. The van der Waals surface area contributed by atoms with E-state index in [0.29, 0.717) is 10.9 Å². The second-order valence-corrected chi connectivity index (χ2v) is 6.19. The number of carbonyl (C=O) groups excluding carboxylic acids is 2. The van der Waals surface area contributed by atoms with Gasteiger partial charge in [0.1, 0.15) is 0 Å². The van der Waals surface area contributed by atoms with Gasteiger partial charge >= 0.3 is 5.97 Å². The van der Waals surface area contributed by atoms with Gasteiger partial charge in [-0.05, 0) is 42.2 Å². The van der Waals surface area contributed by atoms with Crippen LogP contribution in [0, 0.1) is 0 Å². The van der Waals surface area contributed by atoms with Gasteiger partial charge in [0.25, 0.3) is 5.91 Å². The van der Waals surface area contributed by atoms with Gasteiger partial charge < -0.3 is 15.8 Å². The van der Waals surface area contributed by atoms with Crippen LogP contribution < -0.4 is 11.1 Å². The molecule has 0 bridgehead atoms. The maximum absolute atomic E-state index is 12.1. The molecule has 0 spiro atoms. The first-order valence-electron chi connectivity index (χ1n) is 8.03. The van der Waals surface area contributed by atoms with Crippen molar-refractivity contribution < 1.29 is 14.3 Å². The third-order valence-corrected chi connectivity index (χ3v) is 4.18. The fraction of sp³-hybridized carbons (Fsp3) is 0.263. The number of carbonyl (C=O) groups is 2. The molecule has 0 aliphatic carbocycles. The number of halogens is 1. The largest absolute Gasteiger partial charge is 0.452 e. The summed E-state index contributed by atoms with van der Waals surface area (Å²) in [6.07, 6.45) is 0.954. The highest BCUT2D eigenvalue weighted by molar-refractivity contribution is 6.31. The highest BCUT2D eigenvalue weighted by atomic mass is 35.5. The second-order valence-electron chi connectivity index (χ2n) is 5.75. The maximum Gasteiger partial charge on any atom is 0.340 e. The molecule has 0 aliphatic rings. The summed E-state index contributed by atoms with van der Waals surface area (Å²) in [5, 5.41) is 3.15. The van der Waals surface area contributed by atoms with E-state index in [4.69, 9.17) is 22.1 Å². The lowest BCUT2D eigenvalue weighted by molar-refractivity contribution is -0.119. The molecule has 25 heavy (non-hydrogen) atoms. The van der Waals surface area contributed by atoms with Crippen molar-refractivity contribution >= 4 is 34.9 Å². The Kier molecular flexibility index (Phi) is 6.42. The smallest absolute Gasteiger partial charge is 0.340 e. The topological polar surface area (TPSA) is 81.4 Å². The van der Waals surface area contributed by atoms with Crippen molar-refractivity contribution in [3.63, 3.8) is 0 Å². The van der Waals surface area contributed by atoms with Crippen molar-refractivity contribution in [3.05, 3.63) is 58.6 Å². The van der Waals surface area contributed by atoms with Gasteiger partial charge in [-0.2, -0.15) is 0 Å². The van der Waals surface area contributed by atoms with Crippen LogP contribution in [0.1, 0.15) is 42.1 Å². The van der Waals surface area contributed by atoms with Crippen LogP contribution in [0.4, 0.5) is 11.4 Å². The third kappa shape index (κ3) is 4.97. The maximum atomic E-state index is 12.1. The van der Waals surface area contributed by atoms with E-state index in [1.165, 1.54) is 12.1 Å². The van der Waals surface area contributed by atoms with Crippen LogP contribution in [0.15, 0.2) is 42.5 Å². The predicted molar refractivity (Wildman–Crippen MR) is 99.9 cm³/mol.